The molecule has 21 heavy (non-hydrogen) atoms. The van der Waals surface area contributed by atoms with Gasteiger partial charge in [-0.15, -0.1) is 0 Å². The monoisotopic (exact) mass is 289 g/mol. The van der Waals surface area contributed by atoms with Crippen molar-refractivity contribution in [2.45, 2.75) is 25.7 Å². The van der Waals surface area contributed by atoms with E-state index in [-0.39, 0.29) is 11.9 Å². The molecule has 1 aromatic carbocycles. The molecular weight excluding hydrogens is 274 g/mol. The van der Waals surface area contributed by atoms with E-state index in [1.807, 2.05) is 30.3 Å². The van der Waals surface area contributed by atoms with E-state index in [0.717, 1.165) is 12.0 Å². The van der Waals surface area contributed by atoms with Crippen LogP contribution in [0, 0.1) is 10.1 Å². The van der Waals surface area contributed by atoms with E-state index in [0.29, 0.717) is 25.8 Å². The van der Waals surface area contributed by atoms with Crippen LogP contribution in [0.2, 0.25) is 0 Å². The van der Waals surface area contributed by atoms with Crippen molar-refractivity contribution in [3.05, 3.63) is 52.2 Å². The van der Waals surface area contributed by atoms with Gasteiger partial charge in [0.05, 0.1) is 13.2 Å². The fourth-order valence-electron chi connectivity index (χ4n) is 2.22. The number of hydrogen-bond donors (Lipinski definition) is 0. The highest BCUT2D eigenvalue weighted by Crippen LogP contribution is 2.24. The molecule has 2 heterocycles. The molecule has 0 radical (unpaired) electrons. The minimum absolute atomic E-state index is 0.122. The molecule has 0 unspecified atom stereocenters. The first-order chi connectivity index (χ1) is 10.2. The van der Waals surface area contributed by atoms with Gasteiger partial charge >= 0.3 is 11.8 Å². The van der Waals surface area contributed by atoms with Crippen molar-refractivity contribution in [3.63, 3.8) is 0 Å². The summed E-state index contributed by atoms with van der Waals surface area (Å²) >= 11 is 0. The minimum atomic E-state index is -0.518. The normalized spacial score (nSPS) is 17.0. The van der Waals surface area contributed by atoms with Crippen molar-refractivity contribution in [2.75, 3.05) is 6.61 Å². The zero-order chi connectivity index (χ0) is 14.7. The fraction of sp³-hybridized carbons (Fsp3) is 0.357. The molecule has 1 aliphatic heterocycles. The highest BCUT2D eigenvalue weighted by atomic mass is 16.6. The first-order valence-electron chi connectivity index (χ1n) is 6.72. The first-order valence-corrected chi connectivity index (χ1v) is 6.72. The molecule has 1 aromatic heterocycles. The summed E-state index contributed by atoms with van der Waals surface area (Å²) < 4.78 is 12.9. The Bertz CT molecular complexity index is 626. The molecule has 1 aliphatic rings. The summed E-state index contributed by atoms with van der Waals surface area (Å²) in [7, 11) is 0. The number of nitro groups is 1. The summed E-state index contributed by atoms with van der Waals surface area (Å²) in [6.07, 6.45) is 2.02. The lowest BCUT2D eigenvalue weighted by molar-refractivity contribution is -0.389. The molecule has 0 saturated carbocycles. The van der Waals surface area contributed by atoms with Crippen molar-refractivity contribution in [3.8, 4) is 6.01 Å². The van der Waals surface area contributed by atoms with Crippen LogP contribution in [0.4, 0.5) is 5.82 Å². The largest absolute Gasteiger partial charge is 0.440 e. The maximum Gasteiger partial charge on any atom is 0.414 e. The molecule has 0 saturated heterocycles. The summed E-state index contributed by atoms with van der Waals surface area (Å²) in [5.74, 6) is -0.184. The van der Waals surface area contributed by atoms with Crippen molar-refractivity contribution in [2.24, 2.45) is 0 Å². The number of hydrogen-bond acceptors (Lipinski definition) is 5. The number of ether oxygens (including phenoxy) is 2. The van der Waals surface area contributed by atoms with Gasteiger partial charge in [-0.25, -0.2) is 0 Å². The maximum atomic E-state index is 10.7. The molecule has 0 fully saturated rings. The Morgan fingerprint density at radius 1 is 1.43 bits per heavy atom. The average Bonchev–Trinajstić information content (AvgIpc) is 2.92. The topological polar surface area (TPSA) is 79.4 Å². The predicted molar refractivity (Wildman–Crippen MR) is 74.0 cm³/mol. The molecular formula is C14H15N3O4. The Hall–Kier alpha value is -2.41. The molecule has 1 atom stereocenters. The van der Waals surface area contributed by atoms with Gasteiger partial charge in [-0.1, -0.05) is 30.3 Å². The molecule has 110 valence electrons. The minimum Gasteiger partial charge on any atom is -0.440 e. The standard InChI is InChI=1S/C14H15N3O4/c18-17(19)13-8-16-7-6-12(21-14(16)15-13)10-20-9-11-4-2-1-3-5-11/h1-5,8,12H,6-7,9-10H2/t12-/m0/s1. The summed E-state index contributed by atoms with van der Waals surface area (Å²) in [6.45, 7) is 1.61. The SMILES string of the molecule is O=[N+]([O-])c1cn2c(n1)O[C@H](COCc1ccccc1)CC2. The molecule has 7 nitrogen and oxygen atoms in total. The summed E-state index contributed by atoms with van der Waals surface area (Å²) in [4.78, 5) is 14.0. The highest BCUT2D eigenvalue weighted by molar-refractivity contribution is 5.21. The van der Waals surface area contributed by atoms with E-state index in [1.54, 1.807) is 4.57 Å². The van der Waals surface area contributed by atoms with Gasteiger partial charge in [0.1, 0.15) is 12.3 Å². The zero-order valence-electron chi connectivity index (χ0n) is 11.3. The predicted octanol–water partition coefficient (Wildman–Crippen LogP) is 2.16. The number of fused-ring (bicyclic) bond motifs is 1. The van der Waals surface area contributed by atoms with Gasteiger partial charge in [-0.2, -0.15) is 0 Å². The van der Waals surface area contributed by atoms with Crippen molar-refractivity contribution in [1.82, 2.24) is 9.55 Å². The number of aryl methyl sites for hydroxylation is 1. The summed E-state index contributed by atoms with van der Waals surface area (Å²) in [5.41, 5.74) is 1.10. The van der Waals surface area contributed by atoms with E-state index in [4.69, 9.17) is 9.47 Å². The van der Waals surface area contributed by atoms with Crippen molar-refractivity contribution in [1.29, 1.82) is 0 Å². The quantitative estimate of drug-likeness (QED) is 0.622. The van der Waals surface area contributed by atoms with Gasteiger partial charge in [-0.05, 0) is 10.5 Å². The number of nitrogens with zero attached hydrogens (tertiary/aromatic N) is 3. The lowest BCUT2D eigenvalue weighted by Gasteiger charge is -2.21. The molecule has 0 aliphatic carbocycles. The van der Waals surface area contributed by atoms with Crippen LogP contribution in [0.3, 0.4) is 0 Å². The molecule has 0 amide bonds. The molecule has 3 rings (SSSR count). The van der Waals surface area contributed by atoms with E-state index in [1.165, 1.54) is 6.20 Å². The van der Waals surface area contributed by atoms with E-state index < -0.39 is 4.92 Å². The molecule has 0 N–H and O–H groups in total. The molecule has 2 aromatic rings. The van der Waals surface area contributed by atoms with Crippen LogP contribution in [-0.4, -0.2) is 27.2 Å². The first kappa shape index (κ1) is 13.6. The Morgan fingerprint density at radius 3 is 3.00 bits per heavy atom. The lowest BCUT2D eigenvalue weighted by atomic mass is 10.2. The van der Waals surface area contributed by atoms with Crippen LogP contribution in [0.15, 0.2) is 36.5 Å². The third-order valence-electron chi connectivity index (χ3n) is 3.29. The van der Waals surface area contributed by atoms with E-state index in [9.17, 15) is 10.1 Å². The number of aromatic nitrogens is 2. The van der Waals surface area contributed by atoms with Crippen molar-refractivity contribution < 1.29 is 14.4 Å². The second-order valence-electron chi connectivity index (χ2n) is 4.86. The van der Waals surface area contributed by atoms with Crippen LogP contribution in [0.5, 0.6) is 6.01 Å². The second kappa shape index (κ2) is 5.92. The highest BCUT2D eigenvalue weighted by Gasteiger charge is 2.28. The fourth-order valence-corrected chi connectivity index (χ4v) is 2.22. The van der Waals surface area contributed by atoms with Gasteiger partial charge < -0.3 is 19.6 Å². The number of imidazole rings is 1. The second-order valence-corrected chi connectivity index (χ2v) is 4.86. The van der Waals surface area contributed by atoms with Gasteiger partial charge in [-0.3, -0.25) is 4.57 Å². The Morgan fingerprint density at radius 2 is 2.24 bits per heavy atom. The average molecular weight is 289 g/mol. The molecule has 7 heteroatoms. The molecule has 0 bridgehead atoms. The van der Waals surface area contributed by atoms with Crippen LogP contribution in [0.25, 0.3) is 0 Å². The zero-order valence-corrected chi connectivity index (χ0v) is 11.3. The van der Waals surface area contributed by atoms with Crippen molar-refractivity contribution >= 4 is 5.82 Å². The number of rotatable bonds is 5. The lowest BCUT2D eigenvalue weighted by Crippen LogP contribution is -2.30. The Balaban J connectivity index is 1.53. The van der Waals surface area contributed by atoms with Gasteiger partial charge in [0.2, 0.25) is 0 Å². The maximum absolute atomic E-state index is 10.7. The van der Waals surface area contributed by atoms with E-state index >= 15 is 0 Å². The van der Waals surface area contributed by atoms with Gasteiger partial charge in [0.25, 0.3) is 0 Å². The summed E-state index contributed by atoms with van der Waals surface area (Å²) in [5, 5.41) is 10.7. The number of benzene rings is 1. The summed E-state index contributed by atoms with van der Waals surface area (Å²) in [6, 6.07) is 10.2. The third-order valence-corrected chi connectivity index (χ3v) is 3.29. The van der Waals surface area contributed by atoms with E-state index in [2.05, 4.69) is 4.98 Å². The van der Waals surface area contributed by atoms with Crippen LogP contribution >= 0.6 is 0 Å². The third kappa shape index (κ3) is 3.19. The van der Waals surface area contributed by atoms with Gasteiger partial charge in [0.15, 0.2) is 0 Å². The van der Waals surface area contributed by atoms with Gasteiger partial charge in [0, 0.05) is 17.9 Å². The Labute approximate surface area is 121 Å². The van der Waals surface area contributed by atoms with Crippen LogP contribution in [-0.2, 0) is 17.9 Å². The van der Waals surface area contributed by atoms with Crippen LogP contribution < -0.4 is 4.74 Å². The molecule has 0 spiro atoms. The smallest absolute Gasteiger partial charge is 0.414 e. The van der Waals surface area contributed by atoms with Crippen LogP contribution in [0.1, 0.15) is 12.0 Å². The Kier molecular flexibility index (Phi) is 3.83.